The summed E-state index contributed by atoms with van der Waals surface area (Å²) in [7, 11) is 0. The third-order valence-electron chi connectivity index (χ3n) is 13.0. The van der Waals surface area contributed by atoms with Crippen molar-refractivity contribution in [1.29, 1.82) is 0 Å². The monoisotopic (exact) mass is 909 g/mol. The Balaban J connectivity index is 2.82. The maximum Gasteiger partial charge on any atom is 0.407 e. The van der Waals surface area contributed by atoms with Crippen molar-refractivity contribution in [2.45, 2.75) is 265 Å². The molecule has 1 amide bonds. The molecule has 0 aromatic carbocycles. The molecule has 1 aliphatic heterocycles. The fraction of sp³-hybridized carbons (Fsp3) is 0.944. The van der Waals surface area contributed by atoms with E-state index in [4.69, 9.17) is 23.7 Å². The van der Waals surface area contributed by atoms with E-state index >= 15 is 0 Å². The van der Waals surface area contributed by atoms with Crippen molar-refractivity contribution in [2.75, 3.05) is 52.6 Å². The molecule has 378 valence electrons. The molecular weight excluding hydrogens is 805 g/mol. The van der Waals surface area contributed by atoms with Crippen molar-refractivity contribution >= 4 is 18.0 Å². The fourth-order valence-corrected chi connectivity index (χ4v) is 8.77. The molecule has 10 nitrogen and oxygen atoms in total. The molecule has 1 rings (SSSR count). The summed E-state index contributed by atoms with van der Waals surface area (Å²) in [5.41, 5.74) is 0. The van der Waals surface area contributed by atoms with Gasteiger partial charge < -0.3 is 33.9 Å². The van der Waals surface area contributed by atoms with E-state index < -0.39 is 12.4 Å². The zero-order valence-corrected chi connectivity index (χ0v) is 42.7. The minimum absolute atomic E-state index is 0.0778. The van der Waals surface area contributed by atoms with Crippen LogP contribution in [0, 0.1) is 11.8 Å². The van der Waals surface area contributed by atoms with Crippen LogP contribution in [0.2, 0.25) is 0 Å². The first kappa shape index (κ1) is 60.1. The average Bonchev–Trinajstić information content (AvgIpc) is 3.82. The van der Waals surface area contributed by atoms with Gasteiger partial charge in [-0.2, -0.15) is 0 Å². The highest BCUT2D eigenvalue weighted by atomic mass is 16.7. The quantitative estimate of drug-likeness (QED) is 0.0276. The fourth-order valence-electron chi connectivity index (χ4n) is 8.77. The number of alkyl carbamates (subject to hydrolysis) is 1. The van der Waals surface area contributed by atoms with Crippen LogP contribution in [0.15, 0.2) is 0 Å². The molecule has 1 fully saturated rings. The smallest absolute Gasteiger partial charge is 0.407 e. The molecule has 10 heteroatoms. The van der Waals surface area contributed by atoms with Crippen molar-refractivity contribution in [3.05, 3.63) is 0 Å². The van der Waals surface area contributed by atoms with Gasteiger partial charge in [0.2, 0.25) is 0 Å². The molecule has 2 atom stereocenters. The number of hydrogen-bond acceptors (Lipinski definition) is 9. The number of hydrogen-bond donors (Lipinski definition) is 1. The molecule has 2 unspecified atom stereocenters. The summed E-state index contributed by atoms with van der Waals surface area (Å²) in [5, 5.41) is 2.93. The lowest BCUT2D eigenvalue weighted by Gasteiger charge is -2.22. The SMILES string of the molecule is CCCCCCCCOC(CCC(=O)OCC(CCCC(CCCCC)CCCCC)COC(=O)CCC(CCCCCC)OC(=O)NCCN1CCCC1)OCCCCCCCC. The second-order valence-electron chi connectivity index (χ2n) is 19.2. The number of amides is 1. The lowest BCUT2D eigenvalue weighted by Crippen LogP contribution is -2.35. The molecule has 1 N–H and O–H groups in total. The number of unbranched alkanes of at least 4 members (excludes halogenated alkanes) is 17. The first-order chi connectivity index (χ1) is 31.3. The first-order valence-corrected chi connectivity index (χ1v) is 27.6. The minimum atomic E-state index is -0.409. The Kier molecular flexibility index (Phi) is 42.2. The van der Waals surface area contributed by atoms with Gasteiger partial charge in [0.15, 0.2) is 6.29 Å². The van der Waals surface area contributed by atoms with Crippen molar-refractivity contribution in [3.8, 4) is 0 Å². The third kappa shape index (κ3) is 37.2. The van der Waals surface area contributed by atoms with Gasteiger partial charge >= 0.3 is 18.0 Å². The molecular formula is C54H104N2O8. The molecule has 1 saturated heterocycles. The van der Waals surface area contributed by atoms with Crippen molar-refractivity contribution in [3.63, 3.8) is 0 Å². The van der Waals surface area contributed by atoms with Gasteiger partial charge in [-0.1, -0.05) is 182 Å². The van der Waals surface area contributed by atoms with Gasteiger partial charge in [0.05, 0.1) is 19.6 Å². The molecule has 1 aliphatic rings. The largest absolute Gasteiger partial charge is 0.465 e. The Labute approximate surface area is 394 Å². The topological polar surface area (TPSA) is 113 Å². The van der Waals surface area contributed by atoms with Crippen LogP contribution in [0.25, 0.3) is 0 Å². The predicted molar refractivity (Wildman–Crippen MR) is 265 cm³/mol. The number of nitrogens with one attached hydrogen (secondary N) is 1. The van der Waals surface area contributed by atoms with Gasteiger partial charge in [-0.3, -0.25) is 9.59 Å². The van der Waals surface area contributed by atoms with Gasteiger partial charge in [0, 0.05) is 45.1 Å². The van der Waals surface area contributed by atoms with E-state index in [1.807, 2.05) is 0 Å². The molecule has 0 radical (unpaired) electrons. The lowest BCUT2D eigenvalue weighted by molar-refractivity contribution is -0.161. The highest BCUT2D eigenvalue weighted by Crippen LogP contribution is 2.25. The van der Waals surface area contributed by atoms with Crippen molar-refractivity contribution in [1.82, 2.24) is 10.2 Å². The molecule has 1 heterocycles. The van der Waals surface area contributed by atoms with Crippen LogP contribution in [0.4, 0.5) is 4.79 Å². The van der Waals surface area contributed by atoms with E-state index in [1.54, 1.807) is 0 Å². The summed E-state index contributed by atoms with van der Waals surface area (Å²) in [6, 6.07) is 0. The predicted octanol–water partition coefficient (Wildman–Crippen LogP) is 14.4. The Bertz CT molecular complexity index is 1030. The van der Waals surface area contributed by atoms with E-state index in [2.05, 4.69) is 44.8 Å². The second-order valence-corrected chi connectivity index (χ2v) is 19.2. The van der Waals surface area contributed by atoms with Crippen LogP contribution in [0.5, 0.6) is 0 Å². The summed E-state index contributed by atoms with van der Waals surface area (Å²) in [5.74, 6) is 0.0791. The minimum Gasteiger partial charge on any atom is -0.465 e. The van der Waals surface area contributed by atoms with E-state index in [-0.39, 0.29) is 50.0 Å². The highest BCUT2D eigenvalue weighted by molar-refractivity contribution is 5.70. The first-order valence-electron chi connectivity index (χ1n) is 27.6. The number of nitrogens with zero attached hydrogens (tertiary/aromatic N) is 1. The lowest BCUT2D eigenvalue weighted by atomic mass is 9.89. The third-order valence-corrected chi connectivity index (χ3v) is 13.0. The molecule has 0 aromatic heterocycles. The number of rotatable bonds is 47. The van der Waals surface area contributed by atoms with Crippen LogP contribution >= 0.6 is 0 Å². The van der Waals surface area contributed by atoms with Crippen LogP contribution in [-0.4, -0.2) is 87.9 Å². The molecule has 64 heavy (non-hydrogen) atoms. The zero-order chi connectivity index (χ0) is 46.6. The van der Waals surface area contributed by atoms with Gasteiger partial charge in [0.25, 0.3) is 0 Å². The van der Waals surface area contributed by atoms with Crippen LogP contribution in [0.3, 0.4) is 0 Å². The number of carbonyl (C=O) groups is 3. The van der Waals surface area contributed by atoms with Crippen LogP contribution in [-0.2, 0) is 33.3 Å². The van der Waals surface area contributed by atoms with Crippen LogP contribution < -0.4 is 5.32 Å². The number of likely N-dealkylation sites (tertiary alicyclic amines) is 1. The highest BCUT2D eigenvalue weighted by Gasteiger charge is 2.21. The van der Waals surface area contributed by atoms with Crippen LogP contribution in [0.1, 0.15) is 253 Å². The number of esters is 2. The molecule has 0 saturated carbocycles. The van der Waals surface area contributed by atoms with E-state index in [9.17, 15) is 14.4 Å². The Morgan fingerprint density at radius 2 is 0.922 bits per heavy atom. The zero-order valence-electron chi connectivity index (χ0n) is 42.7. The van der Waals surface area contributed by atoms with Crippen molar-refractivity contribution in [2.24, 2.45) is 11.8 Å². The summed E-state index contributed by atoms with van der Waals surface area (Å²) in [6.45, 7) is 16.5. The molecule has 0 bridgehead atoms. The van der Waals surface area contributed by atoms with Crippen molar-refractivity contribution < 1.29 is 38.1 Å². The second kappa shape index (κ2) is 44.9. The van der Waals surface area contributed by atoms with Gasteiger partial charge in [-0.15, -0.1) is 0 Å². The van der Waals surface area contributed by atoms with E-state index in [0.717, 1.165) is 96.7 Å². The maximum atomic E-state index is 13.3. The Morgan fingerprint density at radius 3 is 1.47 bits per heavy atom. The average molecular weight is 909 g/mol. The molecule has 0 aromatic rings. The summed E-state index contributed by atoms with van der Waals surface area (Å²) in [4.78, 5) is 41.6. The Hall–Kier alpha value is -1.91. The summed E-state index contributed by atoms with van der Waals surface area (Å²) < 4.78 is 30.1. The van der Waals surface area contributed by atoms with Gasteiger partial charge in [-0.05, 0) is 70.4 Å². The summed E-state index contributed by atoms with van der Waals surface area (Å²) >= 11 is 0. The number of ether oxygens (including phenoxy) is 5. The van der Waals surface area contributed by atoms with Gasteiger partial charge in [-0.25, -0.2) is 4.79 Å². The van der Waals surface area contributed by atoms with E-state index in [1.165, 1.54) is 116 Å². The van der Waals surface area contributed by atoms with Gasteiger partial charge in [0.1, 0.15) is 6.10 Å². The standard InChI is InChI=1S/C54H104N2O8/c1-6-11-16-19-21-28-44-60-53(61-45-29-22-20-17-12-7-2)39-38-52(58)63-47-49(34-30-33-48(31-23-14-9-4)32-24-15-10-5)46-62-51(57)37-36-50(35-25-18-13-8-3)64-54(59)55-40-43-56-41-26-27-42-56/h48-50,53H,6-47H2,1-5H3,(H,55,59). The number of carbonyl (C=O) groups excluding carboxylic acids is 3. The molecule has 0 spiro atoms. The molecule has 0 aliphatic carbocycles. The maximum absolute atomic E-state index is 13.3. The van der Waals surface area contributed by atoms with E-state index in [0.29, 0.717) is 38.5 Å². The normalized spacial score (nSPS) is 14.0. The summed E-state index contributed by atoms with van der Waals surface area (Å²) in [6.07, 6.45) is 35.1. The Morgan fingerprint density at radius 1 is 0.484 bits per heavy atom.